The quantitative estimate of drug-likeness (QED) is 0.876. The number of hydrogen-bond acceptors (Lipinski definition) is 3. The number of piperidine rings is 1. The standard InChI is InChI=1S/C16H23FN2O2S.ClH/c1-12-2-5-14(17)10-16(12)22(20,21)19-8-6-15(7-9-19)18-11-13-3-4-13;/h2,5,10,13,15,18H,3-4,6-9,11H2,1H3;1H. The molecule has 0 spiro atoms. The van der Waals surface area contributed by atoms with Crippen molar-refractivity contribution in [2.75, 3.05) is 19.6 Å². The van der Waals surface area contributed by atoms with Crippen molar-refractivity contribution in [3.05, 3.63) is 29.6 Å². The van der Waals surface area contributed by atoms with E-state index in [0.717, 1.165) is 31.4 Å². The van der Waals surface area contributed by atoms with Gasteiger partial charge in [-0.25, -0.2) is 12.8 Å². The summed E-state index contributed by atoms with van der Waals surface area (Å²) in [6, 6.07) is 4.34. The Kier molecular flexibility index (Phi) is 6.05. The van der Waals surface area contributed by atoms with Crippen LogP contribution < -0.4 is 5.32 Å². The number of rotatable bonds is 5. The highest BCUT2D eigenvalue weighted by Gasteiger charge is 2.31. The second-order valence-corrected chi connectivity index (χ2v) is 8.35. The van der Waals surface area contributed by atoms with Gasteiger partial charge < -0.3 is 5.32 Å². The van der Waals surface area contributed by atoms with Gasteiger partial charge in [0.05, 0.1) is 4.90 Å². The number of nitrogens with one attached hydrogen (secondary N) is 1. The highest BCUT2D eigenvalue weighted by Crippen LogP contribution is 2.28. The predicted molar refractivity (Wildman–Crippen MR) is 90.9 cm³/mol. The molecule has 1 aromatic carbocycles. The molecule has 0 atom stereocenters. The summed E-state index contributed by atoms with van der Waals surface area (Å²) in [6.45, 7) is 3.76. The van der Waals surface area contributed by atoms with Gasteiger partial charge in [-0.15, -0.1) is 12.4 Å². The van der Waals surface area contributed by atoms with Gasteiger partial charge in [-0.05, 0) is 62.8 Å². The number of aryl methyl sites for hydroxylation is 1. The normalized spacial score (nSPS) is 20.3. The van der Waals surface area contributed by atoms with E-state index in [0.29, 0.717) is 24.7 Å². The first kappa shape index (κ1) is 18.6. The molecule has 0 unspecified atom stereocenters. The Hall–Kier alpha value is -0.690. The molecule has 1 saturated carbocycles. The van der Waals surface area contributed by atoms with Crippen molar-refractivity contribution in [3.63, 3.8) is 0 Å². The van der Waals surface area contributed by atoms with Crippen LogP contribution in [0.1, 0.15) is 31.2 Å². The molecule has 2 fully saturated rings. The van der Waals surface area contributed by atoms with Crippen LogP contribution in [0.2, 0.25) is 0 Å². The maximum Gasteiger partial charge on any atom is 0.243 e. The van der Waals surface area contributed by atoms with Crippen LogP contribution in [0.15, 0.2) is 23.1 Å². The molecule has 1 aliphatic carbocycles. The van der Waals surface area contributed by atoms with Crippen molar-refractivity contribution in [2.24, 2.45) is 5.92 Å². The summed E-state index contributed by atoms with van der Waals surface area (Å²) in [6.07, 6.45) is 4.28. The highest BCUT2D eigenvalue weighted by molar-refractivity contribution is 7.89. The van der Waals surface area contributed by atoms with Gasteiger partial charge in [0, 0.05) is 19.1 Å². The maximum absolute atomic E-state index is 13.4. The molecule has 1 heterocycles. The minimum atomic E-state index is -3.59. The SMILES string of the molecule is Cc1ccc(F)cc1S(=O)(=O)N1CCC(NCC2CC2)CC1.Cl. The van der Waals surface area contributed by atoms with E-state index in [1.54, 1.807) is 6.92 Å². The first-order valence-corrected chi connectivity index (χ1v) is 9.40. The Morgan fingerprint density at radius 1 is 1.22 bits per heavy atom. The van der Waals surface area contributed by atoms with E-state index in [-0.39, 0.29) is 17.3 Å². The fourth-order valence-corrected chi connectivity index (χ4v) is 4.65. The maximum atomic E-state index is 13.4. The van der Waals surface area contributed by atoms with Crippen LogP contribution in [0.4, 0.5) is 4.39 Å². The monoisotopic (exact) mass is 362 g/mol. The molecule has 0 aromatic heterocycles. The Labute approximate surface area is 143 Å². The Morgan fingerprint density at radius 2 is 1.87 bits per heavy atom. The second kappa shape index (κ2) is 7.47. The van der Waals surface area contributed by atoms with Crippen molar-refractivity contribution in [1.82, 2.24) is 9.62 Å². The van der Waals surface area contributed by atoms with Crippen LogP contribution in [-0.4, -0.2) is 38.4 Å². The Bertz CT molecular complexity index is 641. The summed E-state index contributed by atoms with van der Waals surface area (Å²) in [5.74, 6) is 0.321. The third-order valence-electron chi connectivity index (χ3n) is 4.61. The van der Waals surface area contributed by atoms with Gasteiger partial charge in [-0.2, -0.15) is 4.31 Å². The Balaban J connectivity index is 0.00000192. The van der Waals surface area contributed by atoms with Crippen LogP contribution >= 0.6 is 12.4 Å². The molecule has 1 aliphatic heterocycles. The zero-order chi connectivity index (χ0) is 15.7. The average Bonchev–Trinajstić information content (AvgIpc) is 3.32. The molecule has 1 N–H and O–H groups in total. The fourth-order valence-electron chi connectivity index (χ4n) is 2.95. The topological polar surface area (TPSA) is 49.4 Å². The average molecular weight is 363 g/mol. The first-order chi connectivity index (χ1) is 10.5. The predicted octanol–water partition coefficient (Wildman–Crippen LogP) is 2.71. The highest BCUT2D eigenvalue weighted by atomic mass is 35.5. The molecule has 4 nitrogen and oxygen atoms in total. The van der Waals surface area contributed by atoms with Crippen LogP contribution in [0.3, 0.4) is 0 Å². The zero-order valence-electron chi connectivity index (χ0n) is 13.3. The summed E-state index contributed by atoms with van der Waals surface area (Å²) in [4.78, 5) is 0.0943. The van der Waals surface area contributed by atoms with E-state index in [1.807, 2.05) is 0 Å². The number of sulfonamides is 1. The van der Waals surface area contributed by atoms with Crippen molar-refractivity contribution < 1.29 is 12.8 Å². The van der Waals surface area contributed by atoms with Gasteiger partial charge in [-0.1, -0.05) is 6.07 Å². The van der Waals surface area contributed by atoms with Gasteiger partial charge in [0.1, 0.15) is 5.82 Å². The Morgan fingerprint density at radius 3 is 2.48 bits per heavy atom. The van der Waals surface area contributed by atoms with E-state index in [2.05, 4.69) is 5.32 Å². The van der Waals surface area contributed by atoms with Gasteiger partial charge in [0.2, 0.25) is 10.0 Å². The molecule has 1 aromatic rings. The van der Waals surface area contributed by atoms with Crippen molar-refractivity contribution in [1.29, 1.82) is 0 Å². The van der Waals surface area contributed by atoms with E-state index >= 15 is 0 Å². The molecule has 7 heteroatoms. The van der Waals surface area contributed by atoms with Gasteiger partial charge in [0.15, 0.2) is 0 Å². The van der Waals surface area contributed by atoms with Crippen LogP contribution in [-0.2, 0) is 10.0 Å². The summed E-state index contributed by atoms with van der Waals surface area (Å²) >= 11 is 0. The molecular formula is C16H24ClFN2O2S. The number of nitrogens with zero attached hydrogens (tertiary/aromatic N) is 1. The molecule has 0 bridgehead atoms. The van der Waals surface area contributed by atoms with Crippen molar-refractivity contribution in [2.45, 2.75) is 43.5 Å². The molecular weight excluding hydrogens is 339 g/mol. The summed E-state index contributed by atoms with van der Waals surface area (Å²) in [5.41, 5.74) is 0.593. The van der Waals surface area contributed by atoms with Crippen LogP contribution in [0.5, 0.6) is 0 Å². The lowest BCUT2D eigenvalue weighted by Crippen LogP contribution is -2.45. The molecule has 3 rings (SSSR count). The number of benzene rings is 1. The summed E-state index contributed by atoms with van der Waals surface area (Å²) < 4.78 is 40.2. The zero-order valence-corrected chi connectivity index (χ0v) is 14.9. The van der Waals surface area contributed by atoms with Crippen LogP contribution in [0, 0.1) is 18.7 Å². The van der Waals surface area contributed by atoms with Gasteiger partial charge in [0.25, 0.3) is 0 Å². The fraction of sp³-hybridized carbons (Fsp3) is 0.625. The van der Waals surface area contributed by atoms with Crippen LogP contribution in [0.25, 0.3) is 0 Å². The minimum absolute atomic E-state index is 0. The molecule has 0 amide bonds. The third-order valence-corrected chi connectivity index (χ3v) is 6.65. The molecule has 23 heavy (non-hydrogen) atoms. The molecule has 130 valence electrons. The van der Waals surface area contributed by atoms with E-state index in [9.17, 15) is 12.8 Å². The van der Waals surface area contributed by atoms with E-state index in [1.165, 1.54) is 29.3 Å². The lowest BCUT2D eigenvalue weighted by Gasteiger charge is -2.32. The van der Waals surface area contributed by atoms with Crippen molar-refractivity contribution in [3.8, 4) is 0 Å². The lowest BCUT2D eigenvalue weighted by atomic mass is 10.1. The lowest BCUT2D eigenvalue weighted by molar-refractivity contribution is 0.288. The van der Waals surface area contributed by atoms with Gasteiger partial charge >= 0.3 is 0 Å². The molecule has 2 aliphatic rings. The number of halogens is 2. The van der Waals surface area contributed by atoms with Crippen molar-refractivity contribution >= 4 is 22.4 Å². The first-order valence-electron chi connectivity index (χ1n) is 7.96. The second-order valence-electron chi connectivity index (χ2n) is 6.44. The third kappa shape index (κ3) is 4.44. The minimum Gasteiger partial charge on any atom is -0.314 e. The summed E-state index contributed by atoms with van der Waals surface area (Å²) in [7, 11) is -3.59. The summed E-state index contributed by atoms with van der Waals surface area (Å²) in [5, 5.41) is 3.53. The number of hydrogen-bond donors (Lipinski definition) is 1. The van der Waals surface area contributed by atoms with Gasteiger partial charge in [-0.3, -0.25) is 0 Å². The van der Waals surface area contributed by atoms with E-state index < -0.39 is 15.8 Å². The molecule has 1 saturated heterocycles. The van der Waals surface area contributed by atoms with E-state index in [4.69, 9.17) is 0 Å². The largest absolute Gasteiger partial charge is 0.314 e. The smallest absolute Gasteiger partial charge is 0.243 e. The molecule has 0 radical (unpaired) electrons.